The molecule has 0 N–H and O–H groups in total. The van der Waals surface area contributed by atoms with Crippen LogP contribution in [0.1, 0.15) is 49.9 Å². The molecule has 3 aliphatic rings. The van der Waals surface area contributed by atoms with Crippen molar-refractivity contribution in [3.8, 4) is 0 Å². The van der Waals surface area contributed by atoms with E-state index in [1.54, 1.807) is 4.90 Å². The van der Waals surface area contributed by atoms with E-state index in [1.807, 2.05) is 30.0 Å². The second-order valence-electron chi connectivity index (χ2n) is 8.18. The SMILES string of the molecule is Cc1cccc(CN2CC[C@@]3(CCCN(C(=O)C4(F)CCC4)C3)C2=O)n1. The highest BCUT2D eigenvalue weighted by Gasteiger charge is 2.53. The van der Waals surface area contributed by atoms with Crippen molar-refractivity contribution in [1.29, 1.82) is 0 Å². The minimum absolute atomic E-state index is 0.0971. The molecular formula is C20H26FN3O2. The molecule has 3 heterocycles. The van der Waals surface area contributed by atoms with Gasteiger partial charge in [-0.1, -0.05) is 6.07 Å². The molecule has 140 valence electrons. The molecule has 2 aliphatic heterocycles. The number of carbonyl (C=O) groups excluding carboxylic acids is 2. The van der Waals surface area contributed by atoms with Crippen LogP contribution in [0.4, 0.5) is 4.39 Å². The minimum atomic E-state index is -1.68. The molecule has 1 aliphatic carbocycles. The van der Waals surface area contributed by atoms with Gasteiger partial charge in [0, 0.05) is 25.3 Å². The van der Waals surface area contributed by atoms with Crippen LogP contribution in [0.25, 0.3) is 0 Å². The Morgan fingerprint density at radius 1 is 1.19 bits per heavy atom. The van der Waals surface area contributed by atoms with E-state index < -0.39 is 17.0 Å². The van der Waals surface area contributed by atoms with Gasteiger partial charge in [-0.05, 0) is 57.6 Å². The number of aryl methyl sites for hydroxylation is 1. The zero-order chi connectivity index (χ0) is 18.4. The van der Waals surface area contributed by atoms with Gasteiger partial charge < -0.3 is 9.80 Å². The van der Waals surface area contributed by atoms with Crippen LogP contribution in [-0.4, -0.2) is 51.9 Å². The van der Waals surface area contributed by atoms with Gasteiger partial charge >= 0.3 is 0 Å². The zero-order valence-electron chi connectivity index (χ0n) is 15.3. The van der Waals surface area contributed by atoms with E-state index >= 15 is 0 Å². The summed E-state index contributed by atoms with van der Waals surface area (Å²) in [5.41, 5.74) is -0.383. The number of hydrogen-bond donors (Lipinski definition) is 0. The summed E-state index contributed by atoms with van der Waals surface area (Å²) in [4.78, 5) is 33.7. The molecule has 6 heteroatoms. The summed E-state index contributed by atoms with van der Waals surface area (Å²) in [6.45, 7) is 4.06. The Morgan fingerprint density at radius 3 is 2.69 bits per heavy atom. The van der Waals surface area contributed by atoms with Crippen molar-refractivity contribution < 1.29 is 14.0 Å². The van der Waals surface area contributed by atoms with Crippen LogP contribution in [0.15, 0.2) is 18.2 Å². The topological polar surface area (TPSA) is 53.5 Å². The van der Waals surface area contributed by atoms with Crippen LogP contribution in [0.5, 0.6) is 0 Å². The lowest BCUT2D eigenvalue weighted by molar-refractivity contribution is -0.156. The molecule has 1 atom stereocenters. The number of piperidine rings is 1. The third-order valence-electron chi connectivity index (χ3n) is 6.29. The Balaban J connectivity index is 1.46. The van der Waals surface area contributed by atoms with E-state index in [9.17, 15) is 14.0 Å². The van der Waals surface area contributed by atoms with Gasteiger partial charge in [0.2, 0.25) is 5.91 Å². The molecule has 4 rings (SSSR count). The first-order valence-electron chi connectivity index (χ1n) is 9.62. The Bertz CT molecular complexity index is 734. The number of aromatic nitrogens is 1. The van der Waals surface area contributed by atoms with Crippen LogP contribution in [0, 0.1) is 12.3 Å². The molecule has 2 saturated heterocycles. The number of hydrogen-bond acceptors (Lipinski definition) is 3. The highest BCUT2D eigenvalue weighted by Crippen LogP contribution is 2.43. The van der Waals surface area contributed by atoms with E-state index in [1.165, 1.54) is 0 Å². The average Bonchev–Trinajstić information content (AvgIpc) is 2.88. The number of nitrogens with zero attached hydrogens (tertiary/aromatic N) is 3. The number of rotatable bonds is 3. The molecule has 0 unspecified atom stereocenters. The number of halogens is 1. The summed E-state index contributed by atoms with van der Waals surface area (Å²) < 4.78 is 14.6. The molecule has 1 aromatic heterocycles. The fraction of sp³-hybridized carbons (Fsp3) is 0.650. The monoisotopic (exact) mass is 359 g/mol. The molecular weight excluding hydrogens is 333 g/mol. The van der Waals surface area contributed by atoms with Gasteiger partial charge in [0.15, 0.2) is 5.67 Å². The summed E-state index contributed by atoms with van der Waals surface area (Å²) in [7, 11) is 0. The number of likely N-dealkylation sites (tertiary alicyclic amines) is 2. The summed E-state index contributed by atoms with van der Waals surface area (Å²) >= 11 is 0. The number of pyridine rings is 1. The fourth-order valence-corrected chi connectivity index (χ4v) is 4.59. The van der Waals surface area contributed by atoms with Crippen molar-refractivity contribution in [2.45, 2.75) is 57.7 Å². The van der Waals surface area contributed by atoms with E-state index in [4.69, 9.17) is 0 Å². The minimum Gasteiger partial charge on any atom is -0.339 e. The van der Waals surface area contributed by atoms with Gasteiger partial charge in [0.25, 0.3) is 5.91 Å². The summed E-state index contributed by atoms with van der Waals surface area (Å²) in [5.74, 6) is -0.297. The molecule has 26 heavy (non-hydrogen) atoms. The van der Waals surface area contributed by atoms with Crippen molar-refractivity contribution in [1.82, 2.24) is 14.8 Å². The van der Waals surface area contributed by atoms with Gasteiger partial charge in [-0.3, -0.25) is 14.6 Å². The molecule has 3 fully saturated rings. The second-order valence-corrected chi connectivity index (χ2v) is 8.18. The smallest absolute Gasteiger partial charge is 0.260 e. The molecule has 1 saturated carbocycles. The van der Waals surface area contributed by atoms with Crippen molar-refractivity contribution in [3.05, 3.63) is 29.6 Å². The maximum Gasteiger partial charge on any atom is 0.260 e. The molecule has 2 amide bonds. The lowest BCUT2D eigenvalue weighted by atomic mass is 9.76. The standard InChI is InChI=1S/C20H26FN3O2/c1-15-5-2-6-16(22-15)13-23-12-10-19(17(23)25)7-4-11-24(14-19)18(26)20(21)8-3-9-20/h2,5-6H,3-4,7-14H2,1H3/t19-/m1/s1. The van der Waals surface area contributed by atoms with Gasteiger partial charge in [-0.15, -0.1) is 0 Å². The Labute approximate surface area is 153 Å². The average molecular weight is 359 g/mol. The van der Waals surface area contributed by atoms with Crippen molar-refractivity contribution >= 4 is 11.8 Å². The zero-order valence-corrected chi connectivity index (χ0v) is 15.3. The van der Waals surface area contributed by atoms with Gasteiger partial charge in [-0.25, -0.2) is 4.39 Å². The lowest BCUT2D eigenvalue weighted by Gasteiger charge is -2.43. The number of alkyl halides is 1. The van der Waals surface area contributed by atoms with Crippen molar-refractivity contribution in [3.63, 3.8) is 0 Å². The van der Waals surface area contributed by atoms with Crippen LogP contribution < -0.4 is 0 Å². The van der Waals surface area contributed by atoms with E-state index in [2.05, 4.69) is 4.98 Å². The number of carbonyl (C=O) groups is 2. The van der Waals surface area contributed by atoms with Crippen molar-refractivity contribution in [2.24, 2.45) is 5.41 Å². The first kappa shape index (κ1) is 17.4. The van der Waals surface area contributed by atoms with Crippen molar-refractivity contribution in [2.75, 3.05) is 19.6 Å². The van der Waals surface area contributed by atoms with Gasteiger partial charge in [0.05, 0.1) is 17.7 Å². The van der Waals surface area contributed by atoms with Gasteiger partial charge in [-0.2, -0.15) is 0 Å². The molecule has 1 aromatic rings. The molecule has 5 nitrogen and oxygen atoms in total. The second kappa shape index (κ2) is 6.32. The normalized spacial score (nSPS) is 27.7. The molecule has 0 bridgehead atoms. The largest absolute Gasteiger partial charge is 0.339 e. The summed E-state index contributed by atoms with van der Waals surface area (Å²) in [6.07, 6.45) is 3.72. The summed E-state index contributed by atoms with van der Waals surface area (Å²) in [6, 6.07) is 5.83. The lowest BCUT2D eigenvalue weighted by Crippen LogP contribution is -2.56. The predicted molar refractivity (Wildman–Crippen MR) is 94.9 cm³/mol. The maximum atomic E-state index is 14.6. The first-order valence-corrected chi connectivity index (χ1v) is 9.62. The third kappa shape index (κ3) is 2.89. The van der Waals surface area contributed by atoms with E-state index in [0.717, 1.165) is 37.1 Å². The molecule has 0 radical (unpaired) electrons. The first-order chi connectivity index (χ1) is 12.4. The van der Waals surface area contributed by atoms with Crippen LogP contribution in [-0.2, 0) is 16.1 Å². The highest BCUT2D eigenvalue weighted by molar-refractivity contribution is 5.89. The number of amides is 2. The highest BCUT2D eigenvalue weighted by atomic mass is 19.1. The summed E-state index contributed by atoms with van der Waals surface area (Å²) in [5, 5.41) is 0. The van der Waals surface area contributed by atoms with E-state index in [-0.39, 0.29) is 5.91 Å². The molecule has 1 spiro atoms. The van der Waals surface area contributed by atoms with Crippen LogP contribution in [0.3, 0.4) is 0 Å². The predicted octanol–water partition coefficient (Wildman–Crippen LogP) is 2.62. The van der Waals surface area contributed by atoms with Gasteiger partial charge in [0.1, 0.15) is 0 Å². The Hall–Kier alpha value is -1.98. The molecule has 0 aromatic carbocycles. The Kier molecular flexibility index (Phi) is 4.24. The van der Waals surface area contributed by atoms with Crippen LogP contribution in [0.2, 0.25) is 0 Å². The fourth-order valence-electron chi connectivity index (χ4n) is 4.59. The quantitative estimate of drug-likeness (QED) is 0.834. The third-order valence-corrected chi connectivity index (χ3v) is 6.29. The Morgan fingerprint density at radius 2 is 2.00 bits per heavy atom. The van der Waals surface area contributed by atoms with E-state index in [0.29, 0.717) is 39.0 Å². The maximum absolute atomic E-state index is 14.6. The van der Waals surface area contributed by atoms with Crippen LogP contribution >= 0.6 is 0 Å².